The van der Waals surface area contributed by atoms with Crippen molar-refractivity contribution in [3.63, 3.8) is 0 Å². The Labute approximate surface area is 480 Å². The largest absolute Gasteiger partial charge is 0.208 e. The molecule has 0 fully saturated rings. The van der Waals surface area contributed by atoms with Crippen molar-refractivity contribution in [2.75, 3.05) is 0 Å². The second kappa shape index (κ2) is 18.7. The van der Waals surface area contributed by atoms with Gasteiger partial charge in [-0.05, 0) is 79.9 Å². The van der Waals surface area contributed by atoms with Gasteiger partial charge in [0.2, 0.25) is 0 Å². The van der Waals surface area contributed by atoms with E-state index < -0.39 is 0 Å². The lowest BCUT2D eigenvalue weighted by atomic mass is 9.61. The zero-order valence-corrected chi connectivity index (χ0v) is 45.5. The first-order chi connectivity index (χ1) is 40.6. The first kappa shape index (κ1) is 46.8. The van der Waals surface area contributed by atoms with Crippen molar-refractivity contribution >= 4 is 63.0 Å². The van der Waals surface area contributed by atoms with E-state index in [0.29, 0.717) is 34.9 Å². The molecule has 15 aromatic rings. The van der Waals surface area contributed by atoms with Crippen molar-refractivity contribution in [2.24, 2.45) is 0 Å². The lowest BCUT2D eigenvalue weighted by Crippen LogP contribution is -2.27. The number of aromatic nitrogens is 6. The fraction of sp³-hybridized carbons (Fsp3) is 0.0270. The van der Waals surface area contributed by atoms with Crippen LogP contribution in [0.25, 0.3) is 131 Å². The minimum Gasteiger partial charge on any atom is -0.208 e. The molecule has 6 nitrogen and oxygen atoms in total. The summed E-state index contributed by atoms with van der Waals surface area (Å²) in [6, 6.07) is 91.1. The van der Waals surface area contributed by atoms with E-state index in [2.05, 4.69) is 218 Å². The molecule has 18 rings (SSSR count). The van der Waals surface area contributed by atoms with Crippen LogP contribution in [0.4, 0.5) is 0 Å². The number of nitrogens with zero attached hydrogens (tertiary/aromatic N) is 6. The average Bonchev–Trinajstić information content (AvgIpc) is 1.41. The van der Waals surface area contributed by atoms with Gasteiger partial charge in [-0.15, -0.1) is 22.7 Å². The van der Waals surface area contributed by atoms with Gasteiger partial charge in [0.25, 0.3) is 0 Å². The molecule has 3 aliphatic carbocycles. The van der Waals surface area contributed by atoms with E-state index in [1.54, 1.807) is 0 Å². The van der Waals surface area contributed by atoms with Crippen LogP contribution in [0.5, 0.6) is 0 Å². The predicted molar refractivity (Wildman–Crippen MR) is 337 cm³/mol. The van der Waals surface area contributed by atoms with E-state index in [-0.39, 0.29) is 11.8 Å². The van der Waals surface area contributed by atoms with Crippen LogP contribution in [0.1, 0.15) is 45.2 Å². The number of fused-ring (bicyclic) bond motifs is 6. The molecule has 8 heteroatoms. The normalized spacial score (nSPS) is 14.1. The fourth-order valence-corrected chi connectivity index (χ4v) is 15.2. The Morgan fingerprint density at radius 1 is 0.220 bits per heavy atom. The maximum atomic E-state index is 5.28. The van der Waals surface area contributed by atoms with Gasteiger partial charge in [0, 0.05) is 85.6 Å². The van der Waals surface area contributed by atoms with Gasteiger partial charge in [-0.1, -0.05) is 231 Å². The molecule has 4 heterocycles. The van der Waals surface area contributed by atoms with Crippen LogP contribution in [0, 0.1) is 0 Å². The molecule has 0 spiro atoms. The maximum absolute atomic E-state index is 5.28. The quantitative estimate of drug-likeness (QED) is 0.151. The highest BCUT2D eigenvalue weighted by Crippen LogP contribution is 2.57. The van der Waals surface area contributed by atoms with Gasteiger partial charge in [0.05, 0.1) is 0 Å². The molecule has 2 bridgehead atoms. The fourth-order valence-electron chi connectivity index (χ4n) is 12.7. The number of rotatable bonds is 8. The van der Waals surface area contributed by atoms with Crippen LogP contribution in [-0.4, -0.2) is 29.9 Å². The van der Waals surface area contributed by atoms with E-state index in [4.69, 9.17) is 29.9 Å². The van der Waals surface area contributed by atoms with E-state index in [9.17, 15) is 0 Å². The minimum absolute atomic E-state index is 0.00115. The maximum Gasteiger partial charge on any atom is 0.164 e. The van der Waals surface area contributed by atoms with Crippen LogP contribution >= 0.6 is 22.7 Å². The van der Waals surface area contributed by atoms with Crippen LogP contribution < -0.4 is 0 Å². The zero-order valence-electron chi connectivity index (χ0n) is 43.9. The van der Waals surface area contributed by atoms with Gasteiger partial charge in [-0.3, -0.25) is 0 Å². The highest BCUT2D eigenvalue weighted by molar-refractivity contribution is 7.26. The highest BCUT2D eigenvalue weighted by Gasteiger charge is 2.41. The molecule has 0 aliphatic heterocycles. The zero-order chi connectivity index (χ0) is 53.8. The Balaban J connectivity index is 0.740. The molecule has 82 heavy (non-hydrogen) atoms. The van der Waals surface area contributed by atoms with Crippen molar-refractivity contribution in [3.8, 4) is 90.6 Å². The van der Waals surface area contributed by atoms with Gasteiger partial charge in [-0.2, -0.15) is 0 Å². The van der Waals surface area contributed by atoms with Gasteiger partial charge in [0.1, 0.15) is 0 Å². The SMILES string of the molecule is c1ccc(-c2nc(-c3ccc(-c4cccc5c4sc4ccccc45)cc3)nc(-c3ccc4c(c3)C3c5ccccc5C4c4cc(-c5nc(-c6ccccc6)nc(-c6ccc(-c7cccc8c7sc7ccccc78)cc6)n5)ccc43)n2)cc1. The van der Waals surface area contributed by atoms with Crippen molar-refractivity contribution < 1.29 is 0 Å². The summed E-state index contributed by atoms with van der Waals surface area (Å²) >= 11 is 3.70. The molecular formula is C74H44N6S2. The van der Waals surface area contributed by atoms with Gasteiger partial charge >= 0.3 is 0 Å². The first-order valence-corrected chi connectivity index (χ1v) is 29.3. The Kier molecular flexibility index (Phi) is 10.7. The molecule has 382 valence electrons. The lowest BCUT2D eigenvalue weighted by Gasteiger charge is -2.42. The molecule has 2 atom stereocenters. The summed E-state index contributed by atoms with van der Waals surface area (Å²) in [4.78, 5) is 31.3. The standard InChI is InChI=1S/C74H44N6S2/c1-3-15-45(16-4-1)69-75-71(47-33-29-43(30-34-47)51-23-13-25-59-53-19-9-11-27-63(53)81-67(51)59)79-73(77-69)49-37-39-57-61(41-49)65-55-21-7-8-22-56(55)66(57)62-42-50(38-40-58(62)65)74-78-70(46-17-5-2-6-18-46)76-72(80-74)48-35-31-44(32-36-48)52-24-14-26-60-54-20-10-12-28-64(54)82-68(52)60/h1-42,65-66H. The Hall–Kier alpha value is -10.1. The molecule has 4 aromatic heterocycles. The summed E-state index contributed by atoms with van der Waals surface area (Å²) < 4.78 is 5.18. The molecule has 0 N–H and O–H groups in total. The van der Waals surface area contributed by atoms with Crippen molar-refractivity contribution in [1.82, 2.24) is 29.9 Å². The topological polar surface area (TPSA) is 77.3 Å². The second-order valence-electron chi connectivity index (χ2n) is 21.2. The molecule has 2 unspecified atom stereocenters. The van der Waals surface area contributed by atoms with Crippen LogP contribution in [0.2, 0.25) is 0 Å². The van der Waals surface area contributed by atoms with Gasteiger partial charge in [-0.25, -0.2) is 29.9 Å². The van der Waals surface area contributed by atoms with Crippen molar-refractivity contribution in [2.45, 2.75) is 11.8 Å². The van der Waals surface area contributed by atoms with Gasteiger partial charge in [0.15, 0.2) is 34.9 Å². The Bertz CT molecular complexity index is 4730. The Morgan fingerprint density at radius 3 is 0.939 bits per heavy atom. The predicted octanol–water partition coefficient (Wildman–Crippen LogP) is 19.1. The van der Waals surface area contributed by atoms with Crippen molar-refractivity contribution in [3.05, 3.63) is 288 Å². The molecule has 0 radical (unpaired) electrons. The van der Waals surface area contributed by atoms with E-state index >= 15 is 0 Å². The molecule has 3 aliphatic rings. The van der Waals surface area contributed by atoms with Crippen LogP contribution in [0.15, 0.2) is 255 Å². The smallest absolute Gasteiger partial charge is 0.164 e. The summed E-state index contributed by atoms with van der Waals surface area (Å²) in [7, 11) is 0. The second-order valence-corrected chi connectivity index (χ2v) is 23.3. The summed E-state index contributed by atoms with van der Waals surface area (Å²) in [6.45, 7) is 0. The molecule has 0 saturated carbocycles. The number of benzene rings is 11. The lowest BCUT2D eigenvalue weighted by molar-refractivity contribution is 0.754. The molecule has 0 amide bonds. The molecule has 0 saturated heterocycles. The van der Waals surface area contributed by atoms with Gasteiger partial charge < -0.3 is 0 Å². The van der Waals surface area contributed by atoms with E-state index in [1.807, 2.05) is 59.1 Å². The summed E-state index contributed by atoms with van der Waals surface area (Å²) in [5.74, 6) is 3.81. The third-order valence-electron chi connectivity index (χ3n) is 16.6. The monoisotopic (exact) mass is 1080 g/mol. The number of thiophene rings is 2. The third-order valence-corrected chi connectivity index (χ3v) is 19.0. The summed E-state index contributed by atoms with van der Waals surface area (Å²) in [5, 5.41) is 5.16. The molecular weight excluding hydrogens is 1040 g/mol. The Morgan fingerprint density at radius 2 is 0.524 bits per heavy atom. The summed E-state index contributed by atoms with van der Waals surface area (Å²) in [6.07, 6.45) is 0. The molecule has 11 aromatic carbocycles. The van der Waals surface area contributed by atoms with E-state index in [0.717, 1.165) is 44.5 Å². The number of hydrogen-bond acceptors (Lipinski definition) is 8. The first-order valence-electron chi connectivity index (χ1n) is 27.6. The summed E-state index contributed by atoms with van der Waals surface area (Å²) in [5.41, 5.74) is 18.2. The van der Waals surface area contributed by atoms with Crippen LogP contribution in [-0.2, 0) is 0 Å². The van der Waals surface area contributed by atoms with Crippen LogP contribution in [0.3, 0.4) is 0 Å². The highest BCUT2D eigenvalue weighted by atomic mass is 32.1. The van der Waals surface area contributed by atoms with Crippen molar-refractivity contribution in [1.29, 1.82) is 0 Å². The number of hydrogen-bond donors (Lipinski definition) is 0. The third kappa shape index (κ3) is 7.60. The van der Waals surface area contributed by atoms with E-state index in [1.165, 1.54) is 84.9 Å². The average molecular weight is 1080 g/mol. The minimum atomic E-state index is -0.00115.